The third-order valence-corrected chi connectivity index (χ3v) is 4.51. The van der Waals surface area contributed by atoms with Crippen molar-refractivity contribution >= 4 is 31.9 Å². The van der Waals surface area contributed by atoms with Gasteiger partial charge in [-0.25, -0.2) is 4.98 Å². The van der Waals surface area contributed by atoms with Crippen molar-refractivity contribution in [1.29, 1.82) is 0 Å². The van der Waals surface area contributed by atoms with Crippen LogP contribution in [0.3, 0.4) is 0 Å². The van der Waals surface area contributed by atoms with Gasteiger partial charge in [-0.2, -0.15) is 5.10 Å². The first-order valence-electron chi connectivity index (χ1n) is 6.40. The number of alkyl halides is 1. The third kappa shape index (κ3) is 4.14. The Bertz CT molecular complexity index is 525. The fourth-order valence-electron chi connectivity index (χ4n) is 2.15. The standard InChI is InChI=1S/C14H17Br2N3/c1-2-19-14(17-10-18-19)8-12(9-15)6-11-4-3-5-13(16)7-11/h3-5,7,10,12H,2,6,8-9H2,1H3. The molecule has 2 aromatic rings. The Labute approximate surface area is 130 Å². The Morgan fingerprint density at radius 1 is 1.32 bits per heavy atom. The van der Waals surface area contributed by atoms with Crippen molar-refractivity contribution in [2.45, 2.75) is 26.3 Å². The second-order valence-electron chi connectivity index (χ2n) is 4.55. The number of halogens is 2. The van der Waals surface area contributed by atoms with Gasteiger partial charge in [0.05, 0.1) is 0 Å². The van der Waals surface area contributed by atoms with Crippen LogP contribution in [0.25, 0.3) is 0 Å². The molecule has 2 rings (SSSR count). The molecular weight excluding hydrogens is 370 g/mol. The zero-order chi connectivity index (χ0) is 13.7. The summed E-state index contributed by atoms with van der Waals surface area (Å²) >= 11 is 7.13. The van der Waals surface area contributed by atoms with Crippen molar-refractivity contribution in [3.63, 3.8) is 0 Å². The molecule has 1 aromatic heterocycles. The lowest BCUT2D eigenvalue weighted by Crippen LogP contribution is -2.14. The van der Waals surface area contributed by atoms with Crippen LogP contribution >= 0.6 is 31.9 Å². The van der Waals surface area contributed by atoms with Gasteiger partial charge < -0.3 is 0 Å². The number of benzene rings is 1. The van der Waals surface area contributed by atoms with E-state index < -0.39 is 0 Å². The van der Waals surface area contributed by atoms with E-state index in [9.17, 15) is 0 Å². The van der Waals surface area contributed by atoms with Gasteiger partial charge in [-0.1, -0.05) is 44.0 Å². The maximum absolute atomic E-state index is 4.36. The molecule has 3 nitrogen and oxygen atoms in total. The van der Waals surface area contributed by atoms with Gasteiger partial charge in [-0.15, -0.1) is 0 Å². The lowest BCUT2D eigenvalue weighted by Gasteiger charge is -2.14. The maximum Gasteiger partial charge on any atom is 0.138 e. The minimum Gasteiger partial charge on any atom is -0.250 e. The molecule has 0 N–H and O–H groups in total. The quantitative estimate of drug-likeness (QED) is 0.705. The smallest absolute Gasteiger partial charge is 0.138 e. The molecule has 0 spiro atoms. The number of aryl methyl sites for hydroxylation is 1. The molecule has 19 heavy (non-hydrogen) atoms. The van der Waals surface area contributed by atoms with Crippen molar-refractivity contribution in [2.24, 2.45) is 5.92 Å². The van der Waals surface area contributed by atoms with Crippen molar-refractivity contribution in [3.05, 3.63) is 46.5 Å². The molecule has 0 saturated carbocycles. The van der Waals surface area contributed by atoms with Gasteiger partial charge in [-0.05, 0) is 37.0 Å². The molecule has 1 atom stereocenters. The summed E-state index contributed by atoms with van der Waals surface area (Å²) in [4.78, 5) is 4.36. The molecule has 1 unspecified atom stereocenters. The lowest BCUT2D eigenvalue weighted by molar-refractivity contribution is 0.528. The zero-order valence-electron chi connectivity index (χ0n) is 10.9. The summed E-state index contributed by atoms with van der Waals surface area (Å²) in [6.45, 7) is 2.97. The van der Waals surface area contributed by atoms with Crippen LogP contribution in [0.5, 0.6) is 0 Å². The Kier molecular flexibility index (Phi) is 5.58. The Hall–Kier alpha value is -0.680. The minimum atomic E-state index is 0.531. The highest BCUT2D eigenvalue weighted by molar-refractivity contribution is 9.10. The molecule has 0 radical (unpaired) electrons. The van der Waals surface area contributed by atoms with Crippen molar-refractivity contribution in [2.75, 3.05) is 5.33 Å². The van der Waals surface area contributed by atoms with Crippen LogP contribution in [0.15, 0.2) is 35.1 Å². The monoisotopic (exact) mass is 385 g/mol. The molecule has 0 bridgehead atoms. The maximum atomic E-state index is 4.36. The molecule has 0 saturated heterocycles. The highest BCUT2D eigenvalue weighted by Crippen LogP contribution is 2.19. The highest BCUT2D eigenvalue weighted by atomic mass is 79.9. The molecule has 0 aliphatic carbocycles. The molecule has 0 fully saturated rings. The van der Waals surface area contributed by atoms with E-state index >= 15 is 0 Å². The summed E-state index contributed by atoms with van der Waals surface area (Å²) in [5.41, 5.74) is 1.35. The minimum absolute atomic E-state index is 0.531. The second kappa shape index (κ2) is 7.20. The van der Waals surface area contributed by atoms with Crippen LogP contribution in [0.2, 0.25) is 0 Å². The van der Waals surface area contributed by atoms with Gasteiger partial charge in [0.15, 0.2) is 0 Å². The van der Waals surface area contributed by atoms with E-state index in [0.717, 1.165) is 35.0 Å². The third-order valence-electron chi connectivity index (χ3n) is 3.10. The number of rotatable bonds is 6. The molecule has 0 amide bonds. The van der Waals surface area contributed by atoms with Crippen LogP contribution in [0.1, 0.15) is 18.3 Å². The van der Waals surface area contributed by atoms with Crippen molar-refractivity contribution in [3.8, 4) is 0 Å². The highest BCUT2D eigenvalue weighted by Gasteiger charge is 2.13. The van der Waals surface area contributed by atoms with Gasteiger partial charge in [0.1, 0.15) is 12.2 Å². The van der Waals surface area contributed by atoms with Crippen LogP contribution in [0, 0.1) is 5.92 Å². The SMILES string of the molecule is CCn1ncnc1CC(CBr)Cc1cccc(Br)c1. The van der Waals surface area contributed by atoms with Gasteiger partial charge in [0, 0.05) is 22.8 Å². The van der Waals surface area contributed by atoms with Gasteiger partial charge in [-0.3, -0.25) is 4.68 Å². The topological polar surface area (TPSA) is 30.7 Å². The van der Waals surface area contributed by atoms with E-state index in [1.54, 1.807) is 6.33 Å². The van der Waals surface area contributed by atoms with Crippen molar-refractivity contribution in [1.82, 2.24) is 14.8 Å². The van der Waals surface area contributed by atoms with Gasteiger partial charge in [0.2, 0.25) is 0 Å². The predicted octanol–water partition coefficient (Wildman–Crippen LogP) is 3.86. The van der Waals surface area contributed by atoms with Gasteiger partial charge >= 0.3 is 0 Å². The molecule has 1 heterocycles. The van der Waals surface area contributed by atoms with Crippen LogP contribution < -0.4 is 0 Å². The van der Waals surface area contributed by atoms with E-state index in [1.165, 1.54) is 5.56 Å². The van der Waals surface area contributed by atoms with Crippen LogP contribution in [0.4, 0.5) is 0 Å². The lowest BCUT2D eigenvalue weighted by atomic mass is 9.98. The van der Waals surface area contributed by atoms with Gasteiger partial charge in [0.25, 0.3) is 0 Å². The van der Waals surface area contributed by atoms with Crippen LogP contribution in [-0.4, -0.2) is 20.1 Å². The predicted molar refractivity (Wildman–Crippen MR) is 84.5 cm³/mol. The van der Waals surface area contributed by atoms with E-state index in [1.807, 2.05) is 4.68 Å². The number of hydrogen-bond donors (Lipinski definition) is 0. The number of aromatic nitrogens is 3. The summed E-state index contributed by atoms with van der Waals surface area (Å²) in [6.07, 6.45) is 3.64. The van der Waals surface area contributed by atoms with E-state index in [4.69, 9.17) is 0 Å². The summed E-state index contributed by atoms with van der Waals surface area (Å²) < 4.78 is 3.10. The molecular formula is C14H17Br2N3. The molecule has 1 aromatic carbocycles. The average Bonchev–Trinajstić information content (AvgIpc) is 2.85. The number of hydrogen-bond acceptors (Lipinski definition) is 2. The Morgan fingerprint density at radius 2 is 2.16 bits per heavy atom. The first-order valence-corrected chi connectivity index (χ1v) is 8.31. The zero-order valence-corrected chi connectivity index (χ0v) is 14.1. The normalized spacial score (nSPS) is 12.6. The Balaban J connectivity index is 2.04. The molecule has 5 heteroatoms. The largest absolute Gasteiger partial charge is 0.250 e. The van der Waals surface area contributed by atoms with Crippen LogP contribution in [-0.2, 0) is 19.4 Å². The number of nitrogens with zero attached hydrogens (tertiary/aromatic N) is 3. The molecule has 0 aliphatic heterocycles. The molecule has 102 valence electrons. The fraction of sp³-hybridized carbons (Fsp3) is 0.429. The van der Waals surface area contributed by atoms with E-state index in [-0.39, 0.29) is 0 Å². The summed E-state index contributed by atoms with van der Waals surface area (Å²) in [6, 6.07) is 8.49. The molecule has 0 aliphatic rings. The van der Waals surface area contributed by atoms with E-state index in [0.29, 0.717) is 5.92 Å². The summed E-state index contributed by atoms with van der Waals surface area (Å²) in [7, 11) is 0. The average molecular weight is 387 g/mol. The summed E-state index contributed by atoms with van der Waals surface area (Å²) in [5, 5.41) is 5.19. The second-order valence-corrected chi connectivity index (χ2v) is 6.11. The fourth-order valence-corrected chi connectivity index (χ4v) is 3.05. The first kappa shape index (κ1) is 14.7. The Morgan fingerprint density at radius 3 is 2.84 bits per heavy atom. The van der Waals surface area contributed by atoms with E-state index in [2.05, 4.69) is 73.1 Å². The first-order chi connectivity index (χ1) is 9.22. The summed E-state index contributed by atoms with van der Waals surface area (Å²) in [5.74, 6) is 1.60. The van der Waals surface area contributed by atoms with Crippen molar-refractivity contribution < 1.29 is 0 Å².